The Kier molecular flexibility index (Phi) is 14.8. The van der Waals surface area contributed by atoms with Crippen molar-refractivity contribution in [2.24, 2.45) is 0 Å². The molecule has 4 nitrogen and oxygen atoms in total. The van der Waals surface area contributed by atoms with Crippen LogP contribution in [0.15, 0.2) is 24.3 Å². The summed E-state index contributed by atoms with van der Waals surface area (Å²) in [5.41, 5.74) is 0.132. The SMILES string of the molecule is CCCCCCCCCCCCCCCC(CC)OC(=O)c1ccccc1C(=O)O. The van der Waals surface area contributed by atoms with Crippen molar-refractivity contribution in [2.45, 2.75) is 116 Å². The van der Waals surface area contributed by atoms with E-state index < -0.39 is 11.9 Å². The molecule has 0 saturated carbocycles. The number of hydrogen-bond donors (Lipinski definition) is 1. The summed E-state index contributed by atoms with van der Waals surface area (Å²) in [6, 6.07) is 6.23. The van der Waals surface area contributed by atoms with Crippen LogP contribution in [-0.2, 0) is 4.74 Å². The van der Waals surface area contributed by atoms with Crippen molar-refractivity contribution in [1.82, 2.24) is 0 Å². The summed E-state index contributed by atoms with van der Waals surface area (Å²) in [5.74, 6) is -1.64. The molecule has 0 bridgehead atoms. The number of esters is 1. The lowest BCUT2D eigenvalue weighted by molar-refractivity contribution is 0.0262. The molecule has 0 aliphatic rings. The van der Waals surface area contributed by atoms with E-state index in [2.05, 4.69) is 6.92 Å². The molecule has 0 saturated heterocycles. The Balaban J connectivity index is 2.12. The lowest BCUT2D eigenvalue weighted by Crippen LogP contribution is -2.19. The van der Waals surface area contributed by atoms with E-state index in [1.54, 1.807) is 12.1 Å². The monoisotopic (exact) mass is 418 g/mol. The fourth-order valence-electron chi connectivity index (χ4n) is 3.80. The number of carbonyl (C=O) groups is 2. The van der Waals surface area contributed by atoms with Crippen LogP contribution in [0.1, 0.15) is 131 Å². The van der Waals surface area contributed by atoms with Gasteiger partial charge in [-0.05, 0) is 31.4 Å². The maximum atomic E-state index is 12.4. The molecule has 1 N–H and O–H groups in total. The van der Waals surface area contributed by atoms with Gasteiger partial charge in [-0.1, -0.05) is 103 Å². The topological polar surface area (TPSA) is 63.6 Å². The van der Waals surface area contributed by atoms with E-state index in [1.165, 1.54) is 82.8 Å². The van der Waals surface area contributed by atoms with Crippen LogP contribution in [0, 0.1) is 0 Å². The molecule has 0 aliphatic carbocycles. The first-order valence-electron chi connectivity index (χ1n) is 12.1. The second kappa shape index (κ2) is 16.9. The summed E-state index contributed by atoms with van der Waals surface area (Å²) in [7, 11) is 0. The number of carboxylic acid groups (broad SMARTS) is 1. The van der Waals surface area contributed by atoms with Gasteiger partial charge < -0.3 is 9.84 Å². The fraction of sp³-hybridized carbons (Fsp3) is 0.692. The van der Waals surface area contributed by atoms with Gasteiger partial charge in [0, 0.05) is 0 Å². The summed E-state index contributed by atoms with van der Waals surface area (Å²) in [5, 5.41) is 9.23. The largest absolute Gasteiger partial charge is 0.478 e. The van der Waals surface area contributed by atoms with E-state index in [-0.39, 0.29) is 17.2 Å². The first kappa shape index (κ1) is 26.2. The van der Waals surface area contributed by atoms with Crippen molar-refractivity contribution in [1.29, 1.82) is 0 Å². The van der Waals surface area contributed by atoms with E-state index >= 15 is 0 Å². The molecule has 1 rings (SSSR count). The standard InChI is InChI=1S/C26H42O4/c1-3-5-6-7-8-9-10-11-12-13-14-15-16-19-22(4-2)30-26(29)24-21-18-17-20-23(24)25(27)28/h17-18,20-22H,3-16,19H2,1-2H3,(H,27,28). The molecule has 170 valence electrons. The van der Waals surface area contributed by atoms with Gasteiger partial charge in [-0.3, -0.25) is 0 Å². The summed E-state index contributed by atoms with van der Waals surface area (Å²) in [4.78, 5) is 23.7. The van der Waals surface area contributed by atoms with E-state index in [0.29, 0.717) is 0 Å². The van der Waals surface area contributed by atoms with Crippen molar-refractivity contribution in [2.75, 3.05) is 0 Å². The van der Waals surface area contributed by atoms with E-state index in [1.807, 2.05) is 6.92 Å². The third kappa shape index (κ3) is 11.4. The van der Waals surface area contributed by atoms with E-state index in [9.17, 15) is 14.7 Å². The molecular formula is C26H42O4. The maximum absolute atomic E-state index is 12.4. The van der Waals surface area contributed by atoms with Gasteiger partial charge in [0.15, 0.2) is 0 Å². The van der Waals surface area contributed by atoms with Gasteiger partial charge in [0.1, 0.15) is 6.10 Å². The smallest absolute Gasteiger partial charge is 0.339 e. The van der Waals surface area contributed by atoms with Crippen LogP contribution in [-0.4, -0.2) is 23.1 Å². The van der Waals surface area contributed by atoms with Crippen LogP contribution in [0.5, 0.6) is 0 Å². The molecule has 0 amide bonds. The fourth-order valence-corrected chi connectivity index (χ4v) is 3.80. The predicted molar refractivity (Wildman–Crippen MR) is 123 cm³/mol. The van der Waals surface area contributed by atoms with Gasteiger partial charge >= 0.3 is 11.9 Å². The predicted octanol–water partition coefficient (Wildman–Crippen LogP) is 7.80. The zero-order chi connectivity index (χ0) is 22.0. The van der Waals surface area contributed by atoms with Gasteiger partial charge in [0.25, 0.3) is 0 Å². The summed E-state index contributed by atoms with van der Waals surface area (Å²) in [6.45, 7) is 4.26. The molecule has 0 aliphatic heterocycles. The molecule has 1 atom stereocenters. The Labute approximate surface area is 183 Å². The van der Waals surface area contributed by atoms with Gasteiger partial charge in [0.05, 0.1) is 11.1 Å². The van der Waals surface area contributed by atoms with Gasteiger partial charge in [-0.25, -0.2) is 9.59 Å². The number of benzene rings is 1. The molecule has 1 aromatic carbocycles. The minimum absolute atomic E-state index is 0.00156. The Morgan fingerprint density at radius 2 is 1.23 bits per heavy atom. The minimum Gasteiger partial charge on any atom is -0.478 e. The first-order valence-corrected chi connectivity index (χ1v) is 12.1. The quantitative estimate of drug-likeness (QED) is 0.195. The average molecular weight is 419 g/mol. The number of ether oxygens (including phenoxy) is 1. The zero-order valence-corrected chi connectivity index (χ0v) is 19.2. The highest BCUT2D eigenvalue weighted by Crippen LogP contribution is 2.17. The van der Waals surface area contributed by atoms with Gasteiger partial charge in [0.2, 0.25) is 0 Å². The van der Waals surface area contributed by atoms with Crippen LogP contribution in [0.2, 0.25) is 0 Å². The van der Waals surface area contributed by atoms with Crippen molar-refractivity contribution in [3.63, 3.8) is 0 Å². The number of aromatic carboxylic acids is 1. The molecule has 1 unspecified atom stereocenters. The highest BCUT2D eigenvalue weighted by atomic mass is 16.5. The normalized spacial score (nSPS) is 11.9. The number of carboxylic acids is 1. The Morgan fingerprint density at radius 3 is 1.70 bits per heavy atom. The summed E-state index contributed by atoms with van der Waals surface area (Å²) >= 11 is 0. The number of hydrogen-bond acceptors (Lipinski definition) is 3. The average Bonchev–Trinajstić information content (AvgIpc) is 2.75. The molecule has 1 aromatic rings. The van der Waals surface area contributed by atoms with Gasteiger partial charge in [-0.2, -0.15) is 0 Å². The van der Waals surface area contributed by atoms with Crippen molar-refractivity contribution < 1.29 is 19.4 Å². The van der Waals surface area contributed by atoms with Crippen LogP contribution >= 0.6 is 0 Å². The molecule has 0 aromatic heterocycles. The molecule has 4 heteroatoms. The van der Waals surface area contributed by atoms with Crippen LogP contribution in [0.3, 0.4) is 0 Å². The van der Waals surface area contributed by atoms with Crippen molar-refractivity contribution >= 4 is 11.9 Å². The number of carbonyl (C=O) groups excluding carboxylic acids is 1. The third-order valence-corrected chi connectivity index (χ3v) is 5.74. The maximum Gasteiger partial charge on any atom is 0.339 e. The number of rotatable bonds is 18. The Hall–Kier alpha value is -1.84. The molecule has 0 fully saturated rings. The molecule has 0 radical (unpaired) electrons. The Morgan fingerprint density at radius 1 is 0.767 bits per heavy atom. The minimum atomic E-state index is -1.10. The summed E-state index contributed by atoms with van der Waals surface area (Å²) < 4.78 is 5.58. The first-order chi connectivity index (χ1) is 14.6. The highest BCUT2D eigenvalue weighted by Gasteiger charge is 2.20. The lowest BCUT2D eigenvalue weighted by atomic mass is 10.0. The van der Waals surface area contributed by atoms with E-state index in [0.717, 1.165) is 25.7 Å². The molecule has 0 heterocycles. The number of unbranched alkanes of at least 4 members (excludes halogenated alkanes) is 12. The molecule has 30 heavy (non-hydrogen) atoms. The van der Waals surface area contributed by atoms with Crippen molar-refractivity contribution in [3.8, 4) is 0 Å². The van der Waals surface area contributed by atoms with E-state index in [4.69, 9.17) is 4.74 Å². The lowest BCUT2D eigenvalue weighted by Gasteiger charge is -2.17. The highest BCUT2D eigenvalue weighted by molar-refractivity contribution is 6.02. The molecule has 0 spiro atoms. The van der Waals surface area contributed by atoms with Crippen LogP contribution in [0.25, 0.3) is 0 Å². The van der Waals surface area contributed by atoms with Crippen LogP contribution < -0.4 is 0 Å². The van der Waals surface area contributed by atoms with Crippen molar-refractivity contribution in [3.05, 3.63) is 35.4 Å². The Bertz CT molecular complexity index is 596. The van der Waals surface area contributed by atoms with Gasteiger partial charge in [-0.15, -0.1) is 0 Å². The second-order valence-electron chi connectivity index (χ2n) is 8.32. The third-order valence-electron chi connectivity index (χ3n) is 5.74. The second-order valence-corrected chi connectivity index (χ2v) is 8.32. The van der Waals surface area contributed by atoms with Crippen LogP contribution in [0.4, 0.5) is 0 Å². The summed E-state index contributed by atoms with van der Waals surface area (Å²) in [6.07, 6.45) is 18.5. The zero-order valence-electron chi connectivity index (χ0n) is 19.2. The molecular weight excluding hydrogens is 376 g/mol.